The van der Waals surface area contributed by atoms with Gasteiger partial charge in [-0.2, -0.15) is 0 Å². The molecule has 1 aliphatic heterocycles. The number of likely N-dealkylation sites (tertiary alicyclic amines) is 1. The van der Waals surface area contributed by atoms with E-state index in [1.807, 2.05) is 32.9 Å². The van der Waals surface area contributed by atoms with Gasteiger partial charge >= 0.3 is 5.97 Å². The van der Waals surface area contributed by atoms with E-state index in [0.29, 0.717) is 11.6 Å². The minimum atomic E-state index is -0.249. The Morgan fingerprint density at radius 2 is 1.92 bits per heavy atom. The van der Waals surface area contributed by atoms with Crippen LogP contribution in [0.3, 0.4) is 0 Å². The highest BCUT2D eigenvalue weighted by atomic mass is 79.9. The Morgan fingerprint density at radius 3 is 2.50 bits per heavy atom. The quantitative estimate of drug-likeness (QED) is 0.686. The normalized spacial score (nSPS) is 17.1. The van der Waals surface area contributed by atoms with Gasteiger partial charge in [-0.25, -0.2) is 4.79 Å². The second kappa shape index (κ2) is 7.33. The van der Waals surface area contributed by atoms with Gasteiger partial charge in [-0.05, 0) is 75.4 Å². The Kier molecular flexibility index (Phi) is 5.47. The first kappa shape index (κ1) is 19.4. The summed E-state index contributed by atoms with van der Waals surface area (Å²) in [5, 5.41) is 0. The number of nitrogens with zero attached hydrogens (tertiary/aromatic N) is 3. The van der Waals surface area contributed by atoms with E-state index < -0.39 is 0 Å². The number of esters is 1. The smallest absolute Gasteiger partial charge is 0.338 e. The van der Waals surface area contributed by atoms with Crippen molar-refractivity contribution in [3.8, 4) is 0 Å². The maximum atomic E-state index is 12.6. The predicted octanol–water partition coefficient (Wildman–Crippen LogP) is 3.88. The minimum absolute atomic E-state index is 0.131. The molecule has 26 heavy (non-hydrogen) atoms. The van der Waals surface area contributed by atoms with Crippen molar-refractivity contribution in [2.75, 3.05) is 27.2 Å². The van der Waals surface area contributed by atoms with E-state index >= 15 is 0 Å². The molecule has 0 spiro atoms. The highest BCUT2D eigenvalue weighted by Crippen LogP contribution is 2.33. The summed E-state index contributed by atoms with van der Waals surface area (Å²) in [6.07, 6.45) is 1.95. The van der Waals surface area contributed by atoms with Crippen LogP contribution in [-0.2, 0) is 4.74 Å². The zero-order chi connectivity index (χ0) is 19.2. The summed E-state index contributed by atoms with van der Waals surface area (Å²) in [6.45, 7) is 10.1. The lowest BCUT2D eigenvalue weighted by atomic mass is 9.97. The molecule has 3 heterocycles. The average Bonchev–Trinajstić information content (AvgIpc) is 2.83. The molecule has 0 aliphatic carbocycles. The van der Waals surface area contributed by atoms with Crippen LogP contribution in [0.4, 0.5) is 0 Å². The number of fused-ring (bicyclic) bond motifs is 1. The summed E-state index contributed by atoms with van der Waals surface area (Å²) in [7, 11) is 4.25. The highest BCUT2D eigenvalue weighted by Gasteiger charge is 2.34. The fraction of sp³-hybridized carbons (Fsp3) is 0.550. The SMILES string of the molecule is Cc1c(C(=O)OC(C)C)cc2cc(Br)cn2c1C(C)N1CC(N(C)C)C1. The van der Waals surface area contributed by atoms with Gasteiger partial charge in [-0.3, -0.25) is 4.90 Å². The molecule has 0 N–H and O–H groups in total. The molecule has 1 fully saturated rings. The molecule has 0 bridgehead atoms. The summed E-state index contributed by atoms with van der Waals surface area (Å²) >= 11 is 3.57. The largest absolute Gasteiger partial charge is 0.459 e. The first-order chi connectivity index (χ1) is 12.2. The molecule has 1 saturated heterocycles. The summed E-state index contributed by atoms with van der Waals surface area (Å²) in [5.74, 6) is -0.249. The van der Waals surface area contributed by atoms with Gasteiger partial charge in [0, 0.05) is 47.1 Å². The van der Waals surface area contributed by atoms with E-state index in [9.17, 15) is 4.79 Å². The van der Waals surface area contributed by atoms with Crippen LogP contribution in [0.5, 0.6) is 0 Å². The lowest BCUT2D eigenvalue weighted by Gasteiger charge is -2.46. The molecule has 3 rings (SSSR count). The number of pyridine rings is 1. The zero-order valence-electron chi connectivity index (χ0n) is 16.4. The molecule has 1 unspecified atom stereocenters. The van der Waals surface area contributed by atoms with Crippen LogP contribution in [0, 0.1) is 6.92 Å². The van der Waals surface area contributed by atoms with E-state index in [2.05, 4.69) is 57.3 Å². The molecule has 1 atom stereocenters. The molecule has 2 aromatic rings. The van der Waals surface area contributed by atoms with Crippen LogP contribution in [-0.4, -0.2) is 59.5 Å². The molecule has 1 aliphatic rings. The maximum Gasteiger partial charge on any atom is 0.338 e. The fourth-order valence-corrected chi connectivity index (χ4v) is 4.09. The Hall–Kier alpha value is -1.37. The molecular formula is C20H28BrN3O2. The van der Waals surface area contributed by atoms with Crippen LogP contribution in [0.25, 0.3) is 5.52 Å². The number of halogens is 1. The lowest BCUT2D eigenvalue weighted by molar-refractivity contribution is 0.0302. The van der Waals surface area contributed by atoms with E-state index in [-0.39, 0.29) is 18.1 Å². The summed E-state index contributed by atoms with van der Waals surface area (Å²) in [4.78, 5) is 17.4. The van der Waals surface area contributed by atoms with Crippen molar-refractivity contribution in [2.45, 2.75) is 45.9 Å². The number of carbonyl (C=O) groups is 1. The van der Waals surface area contributed by atoms with Gasteiger partial charge in [0.15, 0.2) is 0 Å². The lowest BCUT2D eigenvalue weighted by Crippen LogP contribution is -2.57. The van der Waals surface area contributed by atoms with E-state index in [4.69, 9.17) is 4.74 Å². The first-order valence-corrected chi connectivity index (χ1v) is 9.91. The molecular weight excluding hydrogens is 394 g/mol. The third-order valence-electron chi connectivity index (χ3n) is 5.28. The van der Waals surface area contributed by atoms with Gasteiger partial charge in [0.05, 0.1) is 11.7 Å². The zero-order valence-corrected chi connectivity index (χ0v) is 18.0. The van der Waals surface area contributed by atoms with Crippen molar-refractivity contribution in [3.63, 3.8) is 0 Å². The van der Waals surface area contributed by atoms with Crippen molar-refractivity contribution in [2.24, 2.45) is 0 Å². The number of ether oxygens (including phenoxy) is 1. The average molecular weight is 422 g/mol. The van der Waals surface area contributed by atoms with Crippen LogP contribution in [0.15, 0.2) is 22.8 Å². The number of hydrogen-bond acceptors (Lipinski definition) is 4. The van der Waals surface area contributed by atoms with Gasteiger partial charge in [-0.15, -0.1) is 0 Å². The Morgan fingerprint density at radius 1 is 1.27 bits per heavy atom. The van der Waals surface area contributed by atoms with Crippen LogP contribution in [0.1, 0.15) is 48.4 Å². The van der Waals surface area contributed by atoms with E-state index in [1.54, 1.807) is 0 Å². The van der Waals surface area contributed by atoms with Crippen molar-refractivity contribution in [1.82, 2.24) is 14.2 Å². The summed E-state index contributed by atoms with van der Waals surface area (Å²) in [5.41, 5.74) is 3.81. The van der Waals surface area contributed by atoms with Gasteiger partial charge in [0.25, 0.3) is 0 Å². The van der Waals surface area contributed by atoms with Gasteiger partial charge in [-0.1, -0.05) is 0 Å². The summed E-state index contributed by atoms with van der Waals surface area (Å²) < 4.78 is 8.68. The molecule has 2 aromatic heterocycles. The number of rotatable bonds is 5. The van der Waals surface area contributed by atoms with E-state index in [0.717, 1.165) is 34.3 Å². The Balaban J connectivity index is 2.02. The van der Waals surface area contributed by atoms with Gasteiger partial charge in [0.2, 0.25) is 0 Å². The van der Waals surface area contributed by atoms with Crippen molar-refractivity contribution < 1.29 is 9.53 Å². The minimum Gasteiger partial charge on any atom is -0.459 e. The summed E-state index contributed by atoms with van der Waals surface area (Å²) in [6, 6.07) is 4.79. The van der Waals surface area contributed by atoms with Crippen molar-refractivity contribution in [3.05, 3.63) is 39.6 Å². The molecule has 0 aromatic carbocycles. The fourth-order valence-electron chi connectivity index (χ4n) is 3.65. The van der Waals surface area contributed by atoms with Crippen LogP contribution < -0.4 is 0 Å². The van der Waals surface area contributed by atoms with E-state index in [1.165, 1.54) is 0 Å². The van der Waals surface area contributed by atoms with Gasteiger partial charge < -0.3 is 14.0 Å². The molecule has 142 valence electrons. The second-order valence-electron chi connectivity index (χ2n) is 7.72. The number of carbonyl (C=O) groups excluding carboxylic acids is 1. The molecule has 0 radical (unpaired) electrons. The Labute approximate surface area is 164 Å². The predicted molar refractivity (Wildman–Crippen MR) is 108 cm³/mol. The highest BCUT2D eigenvalue weighted by molar-refractivity contribution is 9.10. The first-order valence-electron chi connectivity index (χ1n) is 9.11. The molecule has 5 nitrogen and oxygen atoms in total. The topological polar surface area (TPSA) is 37.2 Å². The van der Waals surface area contributed by atoms with Crippen LogP contribution >= 0.6 is 15.9 Å². The standard InChI is InChI=1S/C20H28BrN3O2/c1-12(2)26-20(25)18-8-16-7-15(21)9-24(16)19(13(18)3)14(4)23-10-17(11-23)22(5)6/h7-9,12,14,17H,10-11H2,1-6H3. The molecule has 0 saturated carbocycles. The van der Waals surface area contributed by atoms with Gasteiger partial charge in [0.1, 0.15) is 0 Å². The molecule has 0 amide bonds. The monoisotopic (exact) mass is 421 g/mol. The Bertz CT molecular complexity index is 822. The number of hydrogen-bond donors (Lipinski definition) is 0. The number of likely N-dealkylation sites (N-methyl/N-ethyl adjacent to an activating group) is 1. The third kappa shape index (κ3) is 3.55. The molecule has 6 heteroatoms. The van der Waals surface area contributed by atoms with Crippen molar-refractivity contribution in [1.29, 1.82) is 0 Å². The third-order valence-corrected chi connectivity index (χ3v) is 5.72. The van der Waals surface area contributed by atoms with Crippen molar-refractivity contribution >= 4 is 27.4 Å². The second-order valence-corrected chi connectivity index (χ2v) is 8.64. The maximum absolute atomic E-state index is 12.6. The van der Waals surface area contributed by atoms with Crippen LogP contribution in [0.2, 0.25) is 0 Å². The number of aromatic nitrogens is 1.